The van der Waals surface area contributed by atoms with E-state index < -0.39 is 6.04 Å². The Bertz CT molecular complexity index is 602. The fourth-order valence-electron chi connectivity index (χ4n) is 2.30. The fourth-order valence-corrected chi connectivity index (χ4v) is 2.90. The third kappa shape index (κ3) is 2.48. The number of hydrogen-bond acceptors (Lipinski definition) is 3. The summed E-state index contributed by atoms with van der Waals surface area (Å²) >= 11 is 17.8. The Labute approximate surface area is 131 Å². The number of nitrogens with zero attached hydrogens (tertiary/aromatic N) is 1. The average Bonchev–Trinajstić information content (AvgIpc) is 3.15. The third-order valence-electron chi connectivity index (χ3n) is 3.43. The minimum atomic E-state index is -0.585. The van der Waals surface area contributed by atoms with E-state index in [1.54, 1.807) is 6.07 Å². The number of carbonyl (C=O) groups excluding carboxylic acids is 2. The molecular formula is C13H11Cl3N2O2. The number of anilines is 1. The second-order valence-corrected chi connectivity index (χ2v) is 6.20. The average molecular weight is 334 g/mol. The first-order valence-corrected chi connectivity index (χ1v) is 7.37. The van der Waals surface area contributed by atoms with E-state index in [1.165, 1.54) is 11.0 Å². The van der Waals surface area contributed by atoms with E-state index in [0.29, 0.717) is 20.8 Å². The second kappa shape index (κ2) is 5.10. The quantitative estimate of drug-likeness (QED) is 0.682. The molecule has 1 aromatic carbocycles. The van der Waals surface area contributed by atoms with Gasteiger partial charge in [0.15, 0.2) is 0 Å². The Morgan fingerprint density at radius 1 is 1.05 bits per heavy atom. The molecule has 7 heteroatoms. The smallest absolute Gasteiger partial charge is 0.252 e. The molecule has 2 amide bonds. The van der Waals surface area contributed by atoms with Crippen LogP contribution >= 0.6 is 34.8 Å². The summed E-state index contributed by atoms with van der Waals surface area (Å²) in [4.78, 5) is 25.4. The molecule has 1 saturated heterocycles. The van der Waals surface area contributed by atoms with Gasteiger partial charge in [0, 0.05) is 6.04 Å². The van der Waals surface area contributed by atoms with Gasteiger partial charge < -0.3 is 5.32 Å². The van der Waals surface area contributed by atoms with E-state index >= 15 is 0 Å². The molecule has 0 radical (unpaired) electrons. The van der Waals surface area contributed by atoms with Crippen molar-refractivity contribution in [3.05, 3.63) is 27.2 Å². The highest BCUT2D eigenvalue weighted by Gasteiger charge is 2.46. The van der Waals surface area contributed by atoms with E-state index in [0.717, 1.165) is 12.8 Å². The molecule has 1 aromatic rings. The van der Waals surface area contributed by atoms with Gasteiger partial charge in [0.25, 0.3) is 5.91 Å². The molecule has 106 valence electrons. The van der Waals surface area contributed by atoms with Crippen LogP contribution in [0, 0.1) is 0 Å². The lowest BCUT2D eigenvalue weighted by atomic mass is 10.2. The maximum Gasteiger partial charge on any atom is 0.252 e. The third-order valence-corrected chi connectivity index (χ3v) is 4.47. The predicted octanol–water partition coefficient (Wildman–Crippen LogP) is 3.35. The fraction of sp³-hybridized carbons (Fsp3) is 0.385. The zero-order valence-electron chi connectivity index (χ0n) is 10.3. The molecule has 1 unspecified atom stereocenters. The first kappa shape index (κ1) is 14.0. The Morgan fingerprint density at radius 2 is 1.70 bits per heavy atom. The first-order valence-electron chi connectivity index (χ1n) is 6.24. The van der Waals surface area contributed by atoms with Crippen LogP contribution in [-0.4, -0.2) is 28.8 Å². The number of amides is 2. The number of halogens is 3. The van der Waals surface area contributed by atoms with Crippen LogP contribution in [0.15, 0.2) is 12.1 Å². The van der Waals surface area contributed by atoms with Gasteiger partial charge in [-0.1, -0.05) is 34.8 Å². The predicted molar refractivity (Wildman–Crippen MR) is 78.4 cm³/mol. The van der Waals surface area contributed by atoms with E-state index in [2.05, 4.69) is 5.32 Å². The van der Waals surface area contributed by atoms with Crippen LogP contribution in [0.4, 0.5) is 5.69 Å². The molecule has 1 aliphatic heterocycles. The highest BCUT2D eigenvalue weighted by Crippen LogP contribution is 2.35. The maximum absolute atomic E-state index is 12.2. The minimum absolute atomic E-state index is 0.0890. The lowest BCUT2D eigenvalue weighted by Crippen LogP contribution is -2.36. The number of nitrogens with one attached hydrogen (secondary N) is 1. The van der Waals surface area contributed by atoms with Gasteiger partial charge in [0.2, 0.25) is 5.91 Å². The van der Waals surface area contributed by atoms with Gasteiger partial charge in [0.1, 0.15) is 6.04 Å². The van der Waals surface area contributed by atoms with Crippen molar-refractivity contribution in [1.82, 2.24) is 4.90 Å². The molecule has 2 fully saturated rings. The molecule has 1 heterocycles. The largest absolute Gasteiger partial charge is 0.372 e. The Kier molecular flexibility index (Phi) is 3.56. The van der Waals surface area contributed by atoms with Gasteiger partial charge in [-0.15, -0.1) is 0 Å². The van der Waals surface area contributed by atoms with Crippen molar-refractivity contribution in [2.24, 2.45) is 0 Å². The summed E-state index contributed by atoms with van der Waals surface area (Å²) in [6.07, 6.45) is 1.95. The molecule has 1 atom stereocenters. The standard InChI is InChI=1S/C13H11Cl3N2O2/c14-7-3-9(16)10(4-8(7)15)17-11-5-12(19)18(13(11)20)6-1-2-6/h3-4,6,11,17H,1-2,5H2. The van der Waals surface area contributed by atoms with Gasteiger partial charge >= 0.3 is 0 Å². The van der Waals surface area contributed by atoms with Crippen molar-refractivity contribution in [3.63, 3.8) is 0 Å². The Balaban J connectivity index is 1.80. The molecule has 20 heavy (non-hydrogen) atoms. The van der Waals surface area contributed by atoms with E-state index in [1.807, 2.05) is 0 Å². The van der Waals surface area contributed by atoms with Crippen molar-refractivity contribution >= 4 is 52.3 Å². The first-order chi connectivity index (χ1) is 9.47. The molecule has 0 aromatic heterocycles. The summed E-state index contributed by atoms with van der Waals surface area (Å²) in [5.41, 5.74) is 0.505. The van der Waals surface area contributed by atoms with Crippen LogP contribution in [0.5, 0.6) is 0 Å². The number of likely N-dealkylation sites (tertiary alicyclic amines) is 1. The van der Waals surface area contributed by atoms with Crippen LogP contribution in [0.2, 0.25) is 15.1 Å². The highest BCUT2D eigenvalue weighted by atomic mass is 35.5. The summed E-state index contributed by atoms with van der Waals surface area (Å²) in [5.74, 6) is -0.328. The molecule has 1 N–H and O–H groups in total. The van der Waals surface area contributed by atoms with Gasteiger partial charge in [-0.3, -0.25) is 14.5 Å². The van der Waals surface area contributed by atoms with Crippen LogP contribution < -0.4 is 5.32 Å². The zero-order chi connectivity index (χ0) is 14.4. The lowest BCUT2D eigenvalue weighted by Gasteiger charge is -2.16. The van der Waals surface area contributed by atoms with E-state index in [4.69, 9.17) is 34.8 Å². The maximum atomic E-state index is 12.2. The van der Waals surface area contributed by atoms with Crippen molar-refractivity contribution in [3.8, 4) is 0 Å². The number of carbonyl (C=O) groups is 2. The van der Waals surface area contributed by atoms with Crippen LogP contribution in [0.3, 0.4) is 0 Å². The summed E-state index contributed by atoms with van der Waals surface area (Å²) < 4.78 is 0. The SMILES string of the molecule is O=C1CC(Nc2cc(Cl)c(Cl)cc2Cl)C(=O)N1C1CC1. The number of rotatable bonds is 3. The molecule has 4 nitrogen and oxygen atoms in total. The van der Waals surface area contributed by atoms with Crippen LogP contribution in [-0.2, 0) is 9.59 Å². The molecule has 3 rings (SSSR count). The van der Waals surface area contributed by atoms with E-state index in [9.17, 15) is 9.59 Å². The van der Waals surface area contributed by atoms with Crippen molar-refractivity contribution in [2.75, 3.05) is 5.32 Å². The summed E-state index contributed by atoms with van der Waals surface area (Å²) in [5, 5.41) is 4.03. The highest BCUT2D eigenvalue weighted by molar-refractivity contribution is 6.44. The Morgan fingerprint density at radius 3 is 2.35 bits per heavy atom. The molecule has 1 aliphatic carbocycles. The van der Waals surface area contributed by atoms with Gasteiger partial charge in [-0.2, -0.15) is 0 Å². The topological polar surface area (TPSA) is 49.4 Å². The normalized spacial score (nSPS) is 22.6. The Hall–Kier alpha value is -0.970. The molecule has 2 aliphatic rings. The minimum Gasteiger partial charge on any atom is -0.372 e. The second-order valence-electron chi connectivity index (χ2n) is 4.98. The van der Waals surface area contributed by atoms with Gasteiger partial charge in [0.05, 0.1) is 27.2 Å². The molecule has 0 bridgehead atoms. The zero-order valence-corrected chi connectivity index (χ0v) is 12.6. The van der Waals surface area contributed by atoms with Crippen molar-refractivity contribution in [1.29, 1.82) is 0 Å². The number of imide groups is 1. The lowest BCUT2D eigenvalue weighted by molar-refractivity contribution is -0.139. The number of benzene rings is 1. The molecular weight excluding hydrogens is 323 g/mol. The van der Waals surface area contributed by atoms with E-state index in [-0.39, 0.29) is 24.3 Å². The number of hydrogen-bond donors (Lipinski definition) is 1. The van der Waals surface area contributed by atoms with Crippen LogP contribution in [0.1, 0.15) is 19.3 Å². The van der Waals surface area contributed by atoms with Gasteiger partial charge in [-0.25, -0.2) is 0 Å². The molecule has 0 spiro atoms. The van der Waals surface area contributed by atoms with Gasteiger partial charge in [-0.05, 0) is 25.0 Å². The molecule has 1 saturated carbocycles. The summed E-state index contributed by atoms with van der Waals surface area (Å²) in [6.45, 7) is 0. The van der Waals surface area contributed by atoms with Crippen molar-refractivity contribution in [2.45, 2.75) is 31.3 Å². The summed E-state index contributed by atoms with van der Waals surface area (Å²) in [7, 11) is 0. The summed E-state index contributed by atoms with van der Waals surface area (Å²) in [6, 6.07) is 2.57. The van der Waals surface area contributed by atoms with Crippen molar-refractivity contribution < 1.29 is 9.59 Å². The monoisotopic (exact) mass is 332 g/mol. The van der Waals surface area contributed by atoms with Crippen LogP contribution in [0.25, 0.3) is 0 Å².